The number of aliphatic hydroxyl groups is 1. The van der Waals surface area contributed by atoms with Gasteiger partial charge in [0.25, 0.3) is 0 Å². The van der Waals surface area contributed by atoms with E-state index in [-0.39, 0.29) is 0 Å². The van der Waals surface area contributed by atoms with E-state index in [1.54, 1.807) is 0 Å². The molecule has 0 spiro atoms. The highest BCUT2D eigenvalue weighted by Crippen LogP contribution is 2.32. The molecule has 1 aliphatic carbocycles. The highest BCUT2D eigenvalue weighted by atomic mass is 35.5. The van der Waals surface area contributed by atoms with Crippen LogP contribution in [0, 0.1) is 19.8 Å². The van der Waals surface area contributed by atoms with Crippen molar-refractivity contribution in [1.82, 2.24) is 9.97 Å². The minimum Gasteiger partial charge on any atom is -0.388 e. The molecule has 0 saturated heterocycles. The van der Waals surface area contributed by atoms with Crippen molar-refractivity contribution in [3.63, 3.8) is 0 Å². The predicted octanol–water partition coefficient (Wildman–Crippen LogP) is 3.10. The molecule has 0 bridgehead atoms. The lowest BCUT2D eigenvalue weighted by Gasteiger charge is -2.35. The molecule has 0 aliphatic heterocycles. The average Bonchev–Trinajstić information content (AvgIpc) is 2.36. The van der Waals surface area contributed by atoms with E-state index < -0.39 is 5.60 Å². The molecule has 19 heavy (non-hydrogen) atoms. The second-order valence-corrected chi connectivity index (χ2v) is 6.15. The first kappa shape index (κ1) is 14.5. The first-order valence-electron chi connectivity index (χ1n) is 6.87. The molecule has 1 aliphatic rings. The third-order valence-electron chi connectivity index (χ3n) is 4.05. The standard InChI is InChI=1S/C14H22ClN3O/c1-9-4-6-14(19,7-5-9)8-16-13-12(15)17-10(2)11(3)18-13/h9,19H,4-8H2,1-3H3,(H,16,18). The van der Waals surface area contributed by atoms with Gasteiger partial charge in [-0.15, -0.1) is 0 Å². The summed E-state index contributed by atoms with van der Waals surface area (Å²) in [5.41, 5.74) is 1.05. The Hall–Kier alpha value is -0.870. The largest absolute Gasteiger partial charge is 0.388 e. The highest BCUT2D eigenvalue weighted by molar-refractivity contribution is 6.31. The zero-order valence-electron chi connectivity index (χ0n) is 11.8. The maximum atomic E-state index is 10.5. The summed E-state index contributed by atoms with van der Waals surface area (Å²) in [7, 11) is 0. The molecule has 0 unspecified atom stereocenters. The van der Waals surface area contributed by atoms with E-state index in [4.69, 9.17) is 11.6 Å². The van der Waals surface area contributed by atoms with Crippen molar-refractivity contribution >= 4 is 17.4 Å². The van der Waals surface area contributed by atoms with Gasteiger partial charge in [-0.2, -0.15) is 0 Å². The van der Waals surface area contributed by atoms with E-state index in [9.17, 15) is 5.11 Å². The summed E-state index contributed by atoms with van der Waals surface area (Å²) in [6.07, 6.45) is 3.81. The van der Waals surface area contributed by atoms with Gasteiger partial charge in [0.05, 0.1) is 17.0 Å². The van der Waals surface area contributed by atoms with Crippen molar-refractivity contribution in [2.24, 2.45) is 5.92 Å². The minimum absolute atomic E-state index is 0.371. The van der Waals surface area contributed by atoms with Gasteiger partial charge in [0.2, 0.25) is 0 Å². The molecule has 2 N–H and O–H groups in total. The van der Waals surface area contributed by atoms with Crippen LogP contribution in [-0.2, 0) is 0 Å². The van der Waals surface area contributed by atoms with Crippen LogP contribution in [-0.4, -0.2) is 27.2 Å². The Bertz CT molecular complexity index is 456. The van der Waals surface area contributed by atoms with Crippen molar-refractivity contribution in [2.75, 3.05) is 11.9 Å². The average molecular weight is 284 g/mol. The molecular weight excluding hydrogens is 262 g/mol. The topological polar surface area (TPSA) is 58.0 Å². The fourth-order valence-corrected chi connectivity index (χ4v) is 2.65. The van der Waals surface area contributed by atoms with Crippen LogP contribution in [0.3, 0.4) is 0 Å². The van der Waals surface area contributed by atoms with Crippen LogP contribution in [0.4, 0.5) is 5.82 Å². The van der Waals surface area contributed by atoms with Crippen LogP contribution in [0.25, 0.3) is 0 Å². The zero-order valence-corrected chi connectivity index (χ0v) is 12.6. The van der Waals surface area contributed by atoms with Gasteiger partial charge in [-0.3, -0.25) is 0 Å². The Kier molecular flexibility index (Phi) is 4.31. The molecule has 2 rings (SSSR count). The monoisotopic (exact) mass is 283 g/mol. The van der Waals surface area contributed by atoms with Crippen LogP contribution < -0.4 is 5.32 Å². The molecule has 4 nitrogen and oxygen atoms in total. The fourth-order valence-electron chi connectivity index (χ4n) is 2.41. The number of aryl methyl sites for hydroxylation is 2. The number of anilines is 1. The predicted molar refractivity (Wildman–Crippen MR) is 77.6 cm³/mol. The van der Waals surface area contributed by atoms with Crippen molar-refractivity contribution in [3.05, 3.63) is 16.5 Å². The summed E-state index contributed by atoms with van der Waals surface area (Å²) >= 11 is 6.07. The summed E-state index contributed by atoms with van der Waals surface area (Å²) in [5, 5.41) is 14.0. The summed E-state index contributed by atoms with van der Waals surface area (Å²) in [6.45, 7) is 6.50. The summed E-state index contributed by atoms with van der Waals surface area (Å²) < 4.78 is 0. The summed E-state index contributed by atoms with van der Waals surface area (Å²) in [5.74, 6) is 1.28. The Morgan fingerprint density at radius 3 is 2.47 bits per heavy atom. The molecule has 0 radical (unpaired) electrons. The van der Waals surface area contributed by atoms with Gasteiger partial charge in [0.1, 0.15) is 0 Å². The first-order valence-corrected chi connectivity index (χ1v) is 7.24. The number of nitrogens with zero attached hydrogens (tertiary/aromatic N) is 2. The van der Waals surface area contributed by atoms with Crippen LogP contribution in [0.1, 0.15) is 44.0 Å². The van der Waals surface area contributed by atoms with E-state index in [1.165, 1.54) is 0 Å². The molecule has 0 atom stereocenters. The third-order valence-corrected chi connectivity index (χ3v) is 4.32. The van der Waals surface area contributed by atoms with E-state index >= 15 is 0 Å². The van der Waals surface area contributed by atoms with E-state index in [1.807, 2.05) is 13.8 Å². The Balaban J connectivity index is 2.01. The molecule has 1 saturated carbocycles. The number of hydrogen-bond acceptors (Lipinski definition) is 4. The van der Waals surface area contributed by atoms with Gasteiger partial charge in [-0.25, -0.2) is 9.97 Å². The molecule has 0 amide bonds. The number of halogens is 1. The lowest BCUT2D eigenvalue weighted by molar-refractivity contribution is 0.00494. The van der Waals surface area contributed by atoms with Gasteiger partial charge < -0.3 is 10.4 Å². The van der Waals surface area contributed by atoms with Crippen molar-refractivity contribution < 1.29 is 5.11 Å². The van der Waals surface area contributed by atoms with Gasteiger partial charge in [-0.05, 0) is 45.4 Å². The molecule has 1 aromatic rings. The number of hydrogen-bond donors (Lipinski definition) is 2. The molecular formula is C14H22ClN3O. The van der Waals surface area contributed by atoms with Crippen LogP contribution in [0.5, 0.6) is 0 Å². The maximum Gasteiger partial charge on any atom is 0.171 e. The van der Waals surface area contributed by atoms with Gasteiger partial charge in [-0.1, -0.05) is 18.5 Å². The van der Waals surface area contributed by atoms with Crippen molar-refractivity contribution in [1.29, 1.82) is 0 Å². The van der Waals surface area contributed by atoms with E-state index in [0.717, 1.165) is 37.1 Å². The quantitative estimate of drug-likeness (QED) is 0.895. The molecule has 106 valence electrons. The van der Waals surface area contributed by atoms with Crippen LogP contribution in [0.15, 0.2) is 0 Å². The van der Waals surface area contributed by atoms with Crippen molar-refractivity contribution in [3.8, 4) is 0 Å². The maximum absolute atomic E-state index is 10.5. The second kappa shape index (κ2) is 5.63. The minimum atomic E-state index is -0.643. The lowest BCUT2D eigenvalue weighted by Crippen LogP contribution is -2.40. The van der Waals surface area contributed by atoms with E-state index in [0.29, 0.717) is 23.4 Å². The molecule has 1 aromatic heterocycles. The van der Waals surface area contributed by atoms with Gasteiger partial charge >= 0.3 is 0 Å². The van der Waals surface area contributed by atoms with Crippen molar-refractivity contribution in [2.45, 2.75) is 52.1 Å². The fraction of sp³-hybridized carbons (Fsp3) is 0.714. The van der Waals surface area contributed by atoms with Crippen LogP contribution >= 0.6 is 11.6 Å². The summed E-state index contributed by atoms with van der Waals surface area (Å²) in [4.78, 5) is 8.62. The SMILES string of the molecule is Cc1nc(Cl)c(NCC2(O)CCC(C)CC2)nc1C. The first-order chi connectivity index (χ1) is 8.89. The molecule has 5 heteroatoms. The third kappa shape index (κ3) is 3.57. The smallest absolute Gasteiger partial charge is 0.171 e. The van der Waals surface area contributed by atoms with Crippen LogP contribution in [0.2, 0.25) is 5.15 Å². The molecule has 0 aromatic carbocycles. The number of nitrogens with one attached hydrogen (secondary N) is 1. The zero-order chi connectivity index (χ0) is 14.0. The lowest BCUT2D eigenvalue weighted by atomic mass is 9.79. The van der Waals surface area contributed by atoms with Gasteiger partial charge in [0, 0.05) is 6.54 Å². The number of aromatic nitrogens is 2. The molecule has 1 fully saturated rings. The normalized spacial score (nSPS) is 27.3. The molecule has 1 heterocycles. The summed E-state index contributed by atoms with van der Waals surface area (Å²) in [6, 6.07) is 0. The number of rotatable bonds is 3. The Morgan fingerprint density at radius 2 is 1.84 bits per heavy atom. The highest BCUT2D eigenvalue weighted by Gasteiger charge is 2.31. The Morgan fingerprint density at radius 1 is 1.26 bits per heavy atom. The van der Waals surface area contributed by atoms with Gasteiger partial charge in [0.15, 0.2) is 11.0 Å². The van der Waals surface area contributed by atoms with E-state index in [2.05, 4.69) is 22.2 Å². The Labute approximate surface area is 119 Å². The second-order valence-electron chi connectivity index (χ2n) is 5.79.